The fourth-order valence-electron chi connectivity index (χ4n) is 1.51. The van der Waals surface area contributed by atoms with Crippen molar-refractivity contribution in [2.75, 3.05) is 20.3 Å². The molecule has 1 N–H and O–H groups in total. The van der Waals surface area contributed by atoms with Gasteiger partial charge in [0.2, 0.25) is 0 Å². The molecule has 0 aliphatic rings. The second-order valence-electron chi connectivity index (χ2n) is 3.93. The Morgan fingerprint density at radius 3 is 2.73 bits per heavy atom. The SMILES string of the molecule is COCC(C)CNCc1sc(C)nc1C. The van der Waals surface area contributed by atoms with Gasteiger partial charge < -0.3 is 10.1 Å². The van der Waals surface area contributed by atoms with E-state index in [9.17, 15) is 0 Å². The smallest absolute Gasteiger partial charge is 0.0900 e. The van der Waals surface area contributed by atoms with E-state index >= 15 is 0 Å². The molecule has 4 heteroatoms. The molecule has 0 bridgehead atoms. The minimum absolute atomic E-state index is 0.560. The number of methoxy groups -OCH3 is 1. The number of ether oxygens (including phenoxy) is 1. The summed E-state index contributed by atoms with van der Waals surface area (Å²) in [4.78, 5) is 5.74. The second kappa shape index (κ2) is 6.20. The third-order valence-corrected chi connectivity index (χ3v) is 3.30. The van der Waals surface area contributed by atoms with Crippen molar-refractivity contribution in [3.63, 3.8) is 0 Å². The number of nitrogens with zero attached hydrogens (tertiary/aromatic N) is 1. The molecular formula is C11H20N2OS. The van der Waals surface area contributed by atoms with Gasteiger partial charge in [-0.05, 0) is 19.8 Å². The third-order valence-electron chi connectivity index (χ3n) is 2.23. The minimum atomic E-state index is 0.560. The van der Waals surface area contributed by atoms with Crippen LogP contribution in [0.2, 0.25) is 0 Å². The van der Waals surface area contributed by atoms with Gasteiger partial charge in [0, 0.05) is 31.7 Å². The molecule has 0 radical (unpaired) electrons. The van der Waals surface area contributed by atoms with Crippen LogP contribution in [0.3, 0.4) is 0 Å². The van der Waals surface area contributed by atoms with Crippen molar-refractivity contribution in [3.05, 3.63) is 15.6 Å². The molecule has 0 saturated heterocycles. The zero-order valence-corrected chi connectivity index (χ0v) is 10.8. The summed E-state index contributed by atoms with van der Waals surface area (Å²) in [6.07, 6.45) is 0. The maximum Gasteiger partial charge on any atom is 0.0900 e. The van der Waals surface area contributed by atoms with E-state index in [2.05, 4.69) is 31.1 Å². The van der Waals surface area contributed by atoms with Crippen LogP contribution in [0.15, 0.2) is 0 Å². The van der Waals surface area contributed by atoms with Crippen LogP contribution < -0.4 is 5.32 Å². The molecule has 86 valence electrons. The van der Waals surface area contributed by atoms with Gasteiger partial charge in [-0.2, -0.15) is 0 Å². The molecular weight excluding hydrogens is 208 g/mol. The van der Waals surface area contributed by atoms with E-state index in [4.69, 9.17) is 4.74 Å². The largest absolute Gasteiger partial charge is 0.384 e. The van der Waals surface area contributed by atoms with Crippen LogP contribution in [-0.4, -0.2) is 25.2 Å². The predicted octanol–water partition coefficient (Wildman–Crippen LogP) is 2.13. The summed E-state index contributed by atoms with van der Waals surface area (Å²) in [5.74, 6) is 0.560. The van der Waals surface area contributed by atoms with Crippen LogP contribution in [0.25, 0.3) is 0 Å². The molecule has 1 rings (SSSR count). The van der Waals surface area contributed by atoms with Crippen molar-refractivity contribution < 1.29 is 4.74 Å². The Kier molecular flexibility index (Phi) is 5.22. The molecule has 0 aromatic carbocycles. The van der Waals surface area contributed by atoms with Gasteiger partial charge in [0.15, 0.2) is 0 Å². The van der Waals surface area contributed by atoms with Crippen molar-refractivity contribution >= 4 is 11.3 Å². The lowest BCUT2D eigenvalue weighted by molar-refractivity contribution is 0.158. The summed E-state index contributed by atoms with van der Waals surface area (Å²) in [6, 6.07) is 0. The van der Waals surface area contributed by atoms with Crippen molar-refractivity contribution in [2.45, 2.75) is 27.3 Å². The first-order valence-corrected chi connectivity index (χ1v) is 6.07. The highest BCUT2D eigenvalue weighted by Crippen LogP contribution is 2.16. The number of aromatic nitrogens is 1. The molecule has 15 heavy (non-hydrogen) atoms. The molecule has 0 aliphatic carbocycles. The van der Waals surface area contributed by atoms with Gasteiger partial charge in [0.05, 0.1) is 10.7 Å². The summed E-state index contributed by atoms with van der Waals surface area (Å²) in [7, 11) is 1.74. The average molecular weight is 228 g/mol. The Bertz CT molecular complexity index is 299. The van der Waals surface area contributed by atoms with E-state index in [1.165, 1.54) is 4.88 Å². The van der Waals surface area contributed by atoms with E-state index < -0.39 is 0 Å². The normalized spacial score (nSPS) is 13.1. The Morgan fingerprint density at radius 2 is 2.20 bits per heavy atom. The lowest BCUT2D eigenvalue weighted by Crippen LogP contribution is -2.23. The van der Waals surface area contributed by atoms with Crippen LogP contribution >= 0.6 is 11.3 Å². The summed E-state index contributed by atoms with van der Waals surface area (Å²) in [6.45, 7) is 9.03. The van der Waals surface area contributed by atoms with E-state index in [0.29, 0.717) is 5.92 Å². The first-order valence-electron chi connectivity index (χ1n) is 5.26. The summed E-state index contributed by atoms with van der Waals surface area (Å²) in [5, 5.41) is 4.58. The van der Waals surface area contributed by atoms with Crippen molar-refractivity contribution in [2.24, 2.45) is 5.92 Å². The van der Waals surface area contributed by atoms with Crippen molar-refractivity contribution in [1.29, 1.82) is 0 Å². The van der Waals surface area contributed by atoms with Gasteiger partial charge in [-0.3, -0.25) is 0 Å². The highest BCUT2D eigenvalue weighted by atomic mass is 32.1. The predicted molar refractivity (Wildman–Crippen MR) is 64.3 cm³/mol. The van der Waals surface area contributed by atoms with Gasteiger partial charge in [-0.1, -0.05) is 6.92 Å². The Morgan fingerprint density at radius 1 is 1.47 bits per heavy atom. The van der Waals surface area contributed by atoms with Crippen molar-refractivity contribution in [3.8, 4) is 0 Å². The van der Waals surface area contributed by atoms with Crippen LogP contribution in [0, 0.1) is 19.8 Å². The summed E-state index contributed by atoms with van der Waals surface area (Å²) < 4.78 is 5.08. The van der Waals surface area contributed by atoms with E-state index in [1.54, 1.807) is 18.4 Å². The number of nitrogens with one attached hydrogen (secondary N) is 1. The first-order chi connectivity index (χ1) is 7.13. The fraction of sp³-hybridized carbons (Fsp3) is 0.727. The molecule has 0 spiro atoms. The fourth-order valence-corrected chi connectivity index (χ4v) is 2.42. The highest BCUT2D eigenvalue weighted by molar-refractivity contribution is 7.11. The maximum absolute atomic E-state index is 5.08. The van der Waals surface area contributed by atoms with Gasteiger partial charge >= 0.3 is 0 Å². The monoisotopic (exact) mass is 228 g/mol. The zero-order valence-electron chi connectivity index (χ0n) is 9.96. The Balaban J connectivity index is 2.28. The maximum atomic E-state index is 5.08. The van der Waals surface area contributed by atoms with Gasteiger partial charge in [-0.25, -0.2) is 4.98 Å². The minimum Gasteiger partial charge on any atom is -0.384 e. The topological polar surface area (TPSA) is 34.1 Å². The molecule has 1 unspecified atom stereocenters. The lowest BCUT2D eigenvalue weighted by Gasteiger charge is -2.10. The van der Waals surface area contributed by atoms with E-state index in [0.717, 1.165) is 30.4 Å². The van der Waals surface area contributed by atoms with Crippen molar-refractivity contribution in [1.82, 2.24) is 10.3 Å². The first kappa shape index (κ1) is 12.6. The van der Waals surface area contributed by atoms with Crippen LogP contribution in [0.5, 0.6) is 0 Å². The molecule has 0 fully saturated rings. The van der Waals surface area contributed by atoms with Crippen LogP contribution in [-0.2, 0) is 11.3 Å². The number of aryl methyl sites for hydroxylation is 2. The zero-order chi connectivity index (χ0) is 11.3. The number of rotatable bonds is 6. The second-order valence-corrected chi connectivity index (χ2v) is 5.22. The highest BCUT2D eigenvalue weighted by Gasteiger charge is 2.05. The van der Waals surface area contributed by atoms with Crippen LogP contribution in [0.4, 0.5) is 0 Å². The lowest BCUT2D eigenvalue weighted by atomic mass is 10.2. The standard InChI is InChI=1S/C11H20N2OS/c1-8(7-14-4)5-12-6-11-9(2)13-10(3)15-11/h8,12H,5-7H2,1-4H3. The third kappa shape index (κ3) is 4.28. The molecule has 1 atom stereocenters. The molecule has 3 nitrogen and oxygen atoms in total. The van der Waals surface area contributed by atoms with Gasteiger partial charge in [-0.15, -0.1) is 11.3 Å². The quantitative estimate of drug-likeness (QED) is 0.810. The van der Waals surface area contributed by atoms with Gasteiger partial charge in [0.25, 0.3) is 0 Å². The van der Waals surface area contributed by atoms with E-state index in [1.807, 2.05) is 0 Å². The van der Waals surface area contributed by atoms with Crippen LogP contribution in [0.1, 0.15) is 22.5 Å². The molecule has 0 saturated carbocycles. The molecule has 0 aliphatic heterocycles. The molecule has 1 heterocycles. The molecule has 1 aromatic heterocycles. The van der Waals surface area contributed by atoms with E-state index in [-0.39, 0.29) is 0 Å². The Hall–Kier alpha value is -0.450. The summed E-state index contributed by atoms with van der Waals surface area (Å²) >= 11 is 1.77. The number of hydrogen-bond donors (Lipinski definition) is 1. The Labute approximate surface area is 95.9 Å². The number of hydrogen-bond acceptors (Lipinski definition) is 4. The van der Waals surface area contributed by atoms with Gasteiger partial charge in [0.1, 0.15) is 0 Å². The summed E-state index contributed by atoms with van der Waals surface area (Å²) in [5.41, 5.74) is 1.16. The average Bonchev–Trinajstić information content (AvgIpc) is 2.46. The molecule has 0 amide bonds. The number of thiazole rings is 1. The molecule has 1 aromatic rings.